The van der Waals surface area contributed by atoms with Crippen LogP contribution in [-0.2, 0) is 23.9 Å². The number of piperazine rings is 1. The molecule has 1 aromatic carbocycles. The van der Waals surface area contributed by atoms with E-state index in [-0.39, 0.29) is 37.0 Å². The van der Waals surface area contributed by atoms with Crippen LogP contribution < -0.4 is 15.1 Å². The molecule has 0 bridgehead atoms. The number of hydrogen-bond acceptors (Lipinski definition) is 9. The lowest BCUT2D eigenvalue weighted by molar-refractivity contribution is -0.150. The van der Waals surface area contributed by atoms with E-state index >= 15 is 0 Å². The Balaban J connectivity index is 1.37. The van der Waals surface area contributed by atoms with Crippen molar-refractivity contribution in [2.75, 3.05) is 49.1 Å². The minimum absolute atomic E-state index is 0.0732. The van der Waals surface area contributed by atoms with Crippen LogP contribution in [-0.4, -0.2) is 84.3 Å². The number of benzene rings is 1. The maximum atomic E-state index is 15.0. The number of rotatable bonds is 7. The molecule has 1 N–H and O–H groups in total. The molecule has 196 valence electrons. The first-order chi connectivity index (χ1) is 17.7. The van der Waals surface area contributed by atoms with Crippen molar-refractivity contribution in [1.29, 1.82) is 0 Å². The van der Waals surface area contributed by atoms with Crippen molar-refractivity contribution < 1.29 is 33.0 Å². The number of anilines is 2. The molecule has 2 saturated heterocycles. The predicted octanol–water partition coefficient (Wildman–Crippen LogP) is 1.30. The molecular formula is C24H27FN6O6. The first-order valence-corrected chi connectivity index (χ1v) is 11.8. The van der Waals surface area contributed by atoms with E-state index in [1.165, 1.54) is 36.4 Å². The number of nitrogens with zero attached hydrogens (tertiary/aromatic N) is 5. The Morgan fingerprint density at radius 1 is 1.16 bits per heavy atom. The van der Waals surface area contributed by atoms with Crippen LogP contribution in [0.2, 0.25) is 0 Å². The largest absolute Gasteiger partial charge is 0.456 e. The molecule has 1 unspecified atom stereocenters. The highest BCUT2D eigenvalue weighted by atomic mass is 19.1. The minimum atomic E-state index is -0.794. The number of nitrogens with one attached hydrogen (secondary N) is 1. The van der Waals surface area contributed by atoms with Crippen molar-refractivity contribution in [2.24, 2.45) is 0 Å². The Hall–Kier alpha value is -4.29. The molecule has 4 rings (SSSR count). The maximum absolute atomic E-state index is 15.0. The number of esters is 1. The molecule has 0 spiro atoms. The summed E-state index contributed by atoms with van der Waals surface area (Å²) in [5.74, 6) is -1.13. The van der Waals surface area contributed by atoms with E-state index in [1.54, 1.807) is 17.9 Å². The van der Waals surface area contributed by atoms with E-state index in [0.29, 0.717) is 43.4 Å². The Labute approximate surface area is 212 Å². The van der Waals surface area contributed by atoms with Crippen LogP contribution in [0.5, 0.6) is 0 Å². The summed E-state index contributed by atoms with van der Waals surface area (Å²) in [4.78, 5) is 60.2. The number of hydrogen-bond donors (Lipinski definition) is 1. The second-order valence-electron chi connectivity index (χ2n) is 8.49. The van der Waals surface area contributed by atoms with E-state index in [4.69, 9.17) is 9.47 Å². The van der Waals surface area contributed by atoms with Gasteiger partial charge in [0.1, 0.15) is 5.82 Å². The topological polar surface area (TPSA) is 134 Å². The van der Waals surface area contributed by atoms with Crippen LogP contribution in [0.15, 0.2) is 30.6 Å². The molecule has 2 aliphatic heterocycles. The number of amides is 3. The van der Waals surface area contributed by atoms with Crippen LogP contribution in [0, 0.1) is 5.82 Å². The van der Waals surface area contributed by atoms with Gasteiger partial charge in [-0.1, -0.05) is 6.92 Å². The Morgan fingerprint density at radius 2 is 1.86 bits per heavy atom. The minimum Gasteiger partial charge on any atom is -0.456 e. The predicted molar refractivity (Wildman–Crippen MR) is 129 cm³/mol. The van der Waals surface area contributed by atoms with Gasteiger partial charge in [0.2, 0.25) is 11.9 Å². The van der Waals surface area contributed by atoms with Crippen molar-refractivity contribution in [3.8, 4) is 11.1 Å². The maximum Gasteiger partial charge on any atom is 0.416 e. The number of carbonyl (C=O) groups is 4. The second kappa shape index (κ2) is 11.2. The molecule has 13 heteroatoms. The molecule has 3 heterocycles. The molecule has 37 heavy (non-hydrogen) atoms. The third kappa shape index (κ3) is 6.11. The lowest BCUT2D eigenvalue weighted by Crippen LogP contribution is -2.50. The van der Waals surface area contributed by atoms with Crippen LogP contribution in [0.3, 0.4) is 0 Å². The summed E-state index contributed by atoms with van der Waals surface area (Å²) in [6.07, 6.45) is 1.82. The van der Waals surface area contributed by atoms with Gasteiger partial charge in [0.25, 0.3) is 5.91 Å². The summed E-state index contributed by atoms with van der Waals surface area (Å²) < 4.78 is 24.9. The van der Waals surface area contributed by atoms with Gasteiger partial charge in [-0.05, 0) is 18.2 Å². The SMILES string of the molecule is CCC(=O)NC1CN(c2ccc(-c3cnc(N4CCN(C(=O)COC(C)=O)CC4)nc3)c(F)c2)C(=O)O1. The Morgan fingerprint density at radius 3 is 2.49 bits per heavy atom. The molecule has 0 saturated carbocycles. The number of aromatic nitrogens is 2. The van der Waals surface area contributed by atoms with Gasteiger partial charge in [-0.25, -0.2) is 19.2 Å². The second-order valence-corrected chi connectivity index (χ2v) is 8.49. The van der Waals surface area contributed by atoms with Gasteiger partial charge in [-0.3, -0.25) is 19.3 Å². The summed E-state index contributed by atoms with van der Waals surface area (Å²) in [7, 11) is 0. The number of cyclic esters (lactones) is 1. The van der Waals surface area contributed by atoms with Crippen molar-refractivity contribution in [3.05, 3.63) is 36.4 Å². The summed E-state index contributed by atoms with van der Waals surface area (Å²) in [6.45, 7) is 4.60. The van der Waals surface area contributed by atoms with E-state index in [0.717, 1.165) is 0 Å². The lowest BCUT2D eigenvalue weighted by atomic mass is 10.1. The molecule has 0 aliphatic carbocycles. The van der Waals surface area contributed by atoms with Crippen molar-refractivity contribution in [3.63, 3.8) is 0 Å². The molecule has 2 fully saturated rings. The average molecular weight is 515 g/mol. The monoisotopic (exact) mass is 514 g/mol. The molecular weight excluding hydrogens is 487 g/mol. The number of carbonyl (C=O) groups excluding carboxylic acids is 4. The van der Waals surface area contributed by atoms with E-state index < -0.39 is 24.1 Å². The molecule has 1 aromatic heterocycles. The van der Waals surface area contributed by atoms with E-state index in [9.17, 15) is 23.6 Å². The fourth-order valence-corrected chi connectivity index (χ4v) is 3.97. The number of halogens is 1. The van der Waals surface area contributed by atoms with Gasteiger partial charge in [0, 0.05) is 63.0 Å². The normalized spacial score (nSPS) is 17.4. The quantitative estimate of drug-likeness (QED) is 0.543. The average Bonchev–Trinajstić information content (AvgIpc) is 3.26. The zero-order valence-corrected chi connectivity index (χ0v) is 20.5. The molecule has 3 amide bonds. The van der Waals surface area contributed by atoms with Gasteiger partial charge in [0.15, 0.2) is 12.8 Å². The third-order valence-electron chi connectivity index (χ3n) is 5.98. The fourth-order valence-electron chi connectivity index (χ4n) is 3.97. The zero-order valence-electron chi connectivity index (χ0n) is 20.5. The van der Waals surface area contributed by atoms with Crippen LogP contribution in [0.4, 0.5) is 20.8 Å². The molecule has 1 atom stereocenters. The van der Waals surface area contributed by atoms with Crippen molar-refractivity contribution in [2.45, 2.75) is 26.5 Å². The summed E-state index contributed by atoms with van der Waals surface area (Å²) in [5, 5.41) is 2.59. The van der Waals surface area contributed by atoms with Crippen molar-refractivity contribution in [1.82, 2.24) is 20.2 Å². The van der Waals surface area contributed by atoms with E-state index in [2.05, 4.69) is 15.3 Å². The Bertz CT molecular complexity index is 1180. The van der Waals surface area contributed by atoms with Gasteiger partial charge >= 0.3 is 12.1 Å². The van der Waals surface area contributed by atoms with Gasteiger partial charge < -0.3 is 24.6 Å². The Kier molecular flexibility index (Phi) is 7.80. The number of ether oxygens (including phenoxy) is 2. The highest BCUT2D eigenvalue weighted by Gasteiger charge is 2.33. The summed E-state index contributed by atoms with van der Waals surface area (Å²) in [6, 6.07) is 4.34. The molecule has 0 radical (unpaired) electrons. The van der Waals surface area contributed by atoms with Crippen molar-refractivity contribution >= 4 is 35.5 Å². The van der Waals surface area contributed by atoms with Crippen LogP contribution in [0.1, 0.15) is 20.3 Å². The van der Waals surface area contributed by atoms with Gasteiger partial charge in [0.05, 0.1) is 12.2 Å². The summed E-state index contributed by atoms with van der Waals surface area (Å²) >= 11 is 0. The fraction of sp³-hybridized carbons (Fsp3) is 0.417. The highest BCUT2D eigenvalue weighted by molar-refractivity contribution is 5.90. The third-order valence-corrected chi connectivity index (χ3v) is 5.98. The molecule has 2 aromatic rings. The van der Waals surface area contributed by atoms with Gasteiger partial charge in [-0.15, -0.1) is 0 Å². The standard InChI is InChI=1S/C24H27FN6O6/c1-3-20(33)28-21-13-31(24(35)37-21)17-4-5-18(19(25)10-17)16-11-26-23(27-12-16)30-8-6-29(7-9-30)22(34)14-36-15(2)32/h4-5,10-12,21H,3,6-9,13-14H2,1-2H3,(H,28,33). The summed E-state index contributed by atoms with van der Waals surface area (Å²) in [5.41, 5.74) is 1.03. The lowest BCUT2D eigenvalue weighted by Gasteiger charge is -2.34. The molecule has 2 aliphatic rings. The highest BCUT2D eigenvalue weighted by Crippen LogP contribution is 2.29. The van der Waals surface area contributed by atoms with Crippen LogP contribution >= 0.6 is 0 Å². The van der Waals surface area contributed by atoms with Gasteiger partial charge in [-0.2, -0.15) is 0 Å². The van der Waals surface area contributed by atoms with Crippen LogP contribution in [0.25, 0.3) is 11.1 Å². The first kappa shape index (κ1) is 25.8. The smallest absolute Gasteiger partial charge is 0.416 e. The first-order valence-electron chi connectivity index (χ1n) is 11.8. The zero-order chi connectivity index (χ0) is 26.5. The van der Waals surface area contributed by atoms with E-state index in [1.807, 2.05) is 4.90 Å². The molecule has 12 nitrogen and oxygen atoms in total.